The first-order valence-electron chi connectivity index (χ1n) is 6.75. The molecule has 4 heteroatoms. The van der Waals surface area contributed by atoms with E-state index in [1.807, 2.05) is 37.3 Å². The molecule has 0 spiro atoms. The van der Waals surface area contributed by atoms with Crippen LogP contribution in [0.2, 0.25) is 0 Å². The van der Waals surface area contributed by atoms with Gasteiger partial charge in [0.15, 0.2) is 0 Å². The van der Waals surface area contributed by atoms with Gasteiger partial charge in [-0.3, -0.25) is 9.89 Å². The molecule has 3 nitrogen and oxygen atoms in total. The first-order valence-corrected chi connectivity index (χ1v) is 6.75. The lowest BCUT2D eigenvalue weighted by atomic mass is 10.1. The summed E-state index contributed by atoms with van der Waals surface area (Å²) in [5, 5.41) is 3.05. The van der Waals surface area contributed by atoms with Crippen molar-refractivity contribution < 1.29 is 4.39 Å². The van der Waals surface area contributed by atoms with E-state index >= 15 is 0 Å². The van der Waals surface area contributed by atoms with Crippen LogP contribution in [-0.2, 0) is 6.42 Å². The van der Waals surface area contributed by atoms with Crippen LogP contribution in [0.5, 0.6) is 0 Å². The highest BCUT2D eigenvalue weighted by atomic mass is 19.1. The van der Waals surface area contributed by atoms with Crippen LogP contribution in [0.15, 0.2) is 59.4 Å². The molecule has 3 rings (SSSR count). The Morgan fingerprint density at radius 1 is 1.05 bits per heavy atom. The van der Waals surface area contributed by atoms with E-state index in [-0.39, 0.29) is 11.4 Å². The van der Waals surface area contributed by atoms with Crippen LogP contribution >= 0.6 is 0 Å². The minimum atomic E-state index is -0.320. The summed E-state index contributed by atoms with van der Waals surface area (Å²) in [6.07, 6.45) is 0.580. The van der Waals surface area contributed by atoms with Gasteiger partial charge in [0.2, 0.25) is 0 Å². The van der Waals surface area contributed by atoms with Gasteiger partial charge in [-0.05, 0) is 36.8 Å². The Morgan fingerprint density at radius 3 is 2.38 bits per heavy atom. The molecule has 0 aliphatic heterocycles. The molecule has 2 aromatic carbocycles. The highest BCUT2D eigenvalue weighted by Crippen LogP contribution is 2.12. The molecule has 21 heavy (non-hydrogen) atoms. The van der Waals surface area contributed by atoms with Crippen LogP contribution in [0.4, 0.5) is 4.39 Å². The third-order valence-corrected chi connectivity index (χ3v) is 3.50. The van der Waals surface area contributed by atoms with Crippen molar-refractivity contribution >= 4 is 0 Å². The van der Waals surface area contributed by atoms with E-state index in [1.54, 1.807) is 12.1 Å². The molecule has 3 aromatic rings. The van der Waals surface area contributed by atoms with Crippen molar-refractivity contribution in [1.82, 2.24) is 9.78 Å². The third-order valence-electron chi connectivity index (χ3n) is 3.50. The van der Waals surface area contributed by atoms with Crippen LogP contribution < -0.4 is 5.56 Å². The zero-order valence-electron chi connectivity index (χ0n) is 11.6. The molecule has 1 N–H and O–H groups in total. The maximum absolute atomic E-state index is 13.0. The fourth-order valence-electron chi connectivity index (χ4n) is 2.36. The number of nitrogens with one attached hydrogen (secondary N) is 1. The fourth-order valence-corrected chi connectivity index (χ4v) is 2.36. The summed E-state index contributed by atoms with van der Waals surface area (Å²) in [6, 6.07) is 15.7. The van der Waals surface area contributed by atoms with Crippen molar-refractivity contribution in [2.24, 2.45) is 0 Å². The van der Waals surface area contributed by atoms with E-state index in [4.69, 9.17) is 0 Å². The van der Waals surface area contributed by atoms with Crippen molar-refractivity contribution in [2.75, 3.05) is 0 Å². The molecule has 0 aliphatic rings. The number of nitrogens with zero attached hydrogens (tertiary/aromatic N) is 1. The number of rotatable bonds is 3. The van der Waals surface area contributed by atoms with E-state index < -0.39 is 0 Å². The lowest BCUT2D eigenvalue weighted by Gasteiger charge is -2.00. The standard InChI is InChI=1S/C17H15FN2O/c1-12-16(11-13-5-3-2-4-6-13)17(21)20(19-12)15-9-7-14(18)8-10-15/h2-10,19H,11H2,1H3. The monoisotopic (exact) mass is 282 g/mol. The summed E-state index contributed by atoms with van der Waals surface area (Å²) in [5.74, 6) is -0.320. The highest BCUT2D eigenvalue weighted by Gasteiger charge is 2.12. The Balaban J connectivity index is 2.01. The molecule has 0 atom stereocenters. The SMILES string of the molecule is Cc1[nH]n(-c2ccc(F)cc2)c(=O)c1Cc1ccccc1. The van der Waals surface area contributed by atoms with Crippen LogP contribution in [0.25, 0.3) is 5.69 Å². The number of aromatic nitrogens is 2. The first-order chi connectivity index (χ1) is 10.1. The minimum absolute atomic E-state index is 0.0945. The summed E-state index contributed by atoms with van der Waals surface area (Å²) < 4.78 is 14.4. The number of H-pyrrole nitrogens is 1. The molecular weight excluding hydrogens is 267 g/mol. The van der Waals surface area contributed by atoms with Crippen molar-refractivity contribution in [3.8, 4) is 5.69 Å². The zero-order chi connectivity index (χ0) is 14.8. The van der Waals surface area contributed by atoms with E-state index in [2.05, 4.69) is 5.10 Å². The second-order valence-corrected chi connectivity index (χ2v) is 4.99. The Bertz CT molecular complexity index is 801. The fraction of sp³-hybridized carbons (Fsp3) is 0.118. The largest absolute Gasteiger partial charge is 0.295 e. The van der Waals surface area contributed by atoms with Crippen molar-refractivity contribution in [3.63, 3.8) is 0 Å². The van der Waals surface area contributed by atoms with Gasteiger partial charge in [-0.1, -0.05) is 30.3 Å². The molecular formula is C17H15FN2O. The van der Waals surface area contributed by atoms with Crippen LogP contribution in [0.3, 0.4) is 0 Å². The zero-order valence-corrected chi connectivity index (χ0v) is 11.6. The van der Waals surface area contributed by atoms with Gasteiger partial charge < -0.3 is 0 Å². The molecule has 0 fully saturated rings. The van der Waals surface area contributed by atoms with Crippen molar-refractivity contribution in [2.45, 2.75) is 13.3 Å². The number of halogens is 1. The second kappa shape index (κ2) is 5.40. The van der Waals surface area contributed by atoms with E-state index in [0.717, 1.165) is 16.8 Å². The van der Waals surface area contributed by atoms with Crippen LogP contribution in [0.1, 0.15) is 16.8 Å². The first kappa shape index (κ1) is 13.4. The number of hydrogen-bond donors (Lipinski definition) is 1. The second-order valence-electron chi connectivity index (χ2n) is 4.99. The van der Waals surface area contributed by atoms with Crippen molar-refractivity contribution in [1.29, 1.82) is 0 Å². The molecule has 0 unspecified atom stereocenters. The number of benzene rings is 2. The van der Waals surface area contributed by atoms with Gasteiger partial charge in [-0.15, -0.1) is 0 Å². The maximum atomic E-state index is 13.0. The average Bonchev–Trinajstić information content (AvgIpc) is 2.77. The van der Waals surface area contributed by atoms with E-state index in [1.165, 1.54) is 16.8 Å². The van der Waals surface area contributed by atoms with Gasteiger partial charge in [0.1, 0.15) is 5.82 Å². The predicted molar refractivity (Wildman–Crippen MR) is 80.3 cm³/mol. The van der Waals surface area contributed by atoms with Gasteiger partial charge in [0, 0.05) is 17.7 Å². The molecule has 106 valence electrons. The van der Waals surface area contributed by atoms with E-state index in [9.17, 15) is 9.18 Å². The van der Waals surface area contributed by atoms with Crippen molar-refractivity contribution in [3.05, 3.63) is 87.6 Å². The summed E-state index contributed by atoms with van der Waals surface area (Å²) in [6.45, 7) is 1.87. The molecule has 0 saturated carbocycles. The lowest BCUT2D eigenvalue weighted by molar-refractivity contribution is 0.627. The van der Waals surface area contributed by atoms with E-state index in [0.29, 0.717) is 12.1 Å². The number of aryl methyl sites for hydroxylation is 1. The van der Waals surface area contributed by atoms with Gasteiger partial charge in [0.25, 0.3) is 5.56 Å². The van der Waals surface area contributed by atoms with Crippen LogP contribution in [0, 0.1) is 12.7 Å². The Hall–Kier alpha value is -2.62. The average molecular weight is 282 g/mol. The molecule has 1 aromatic heterocycles. The molecule has 1 heterocycles. The lowest BCUT2D eigenvalue weighted by Crippen LogP contribution is -2.17. The van der Waals surface area contributed by atoms with Gasteiger partial charge in [0.05, 0.1) is 5.69 Å². The highest BCUT2D eigenvalue weighted by molar-refractivity contribution is 5.34. The minimum Gasteiger partial charge on any atom is -0.295 e. The normalized spacial score (nSPS) is 10.8. The molecule has 0 amide bonds. The molecule has 0 radical (unpaired) electrons. The molecule has 0 saturated heterocycles. The molecule has 0 aliphatic carbocycles. The smallest absolute Gasteiger partial charge is 0.274 e. The van der Waals surface area contributed by atoms with Gasteiger partial charge in [-0.2, -0.15) is 0 Å². The Kier molecular flexibility index (Phi) is 3.44. The van der Waals surface area contributed by atoms with Gasteiger partial charge >= 0.3 is 0 Å². The topological polar surface area (TPSA) is 37.8 Å². The summed E-state index contributed by atoms with van der Waals surface area (Å²) >= 11 is 0. The van der Waals surface area contributed by atoms with Gasteiger partial charge in [-0.25, -0.2) is 9.07 Å². The third kappa shape index (κ3) is 2.65. The predicted octanol–water partition coefficient (Wildman–Crippen LogP) is 3.20. The quantitative estimate of drug-likeness (QED) is 0.787. The van der Waals surface area contributed by atoms with Crippen LogP contribution in [-0.4, -0.2) is 9.78 Å². The maximum Gasteiger partial charge on any atom is 0.274 e. The number of aromatic amines is 1. The molecule has 0 bridgehead atoms. The summed E-state index contributed by atoms with van der Waals surface area (Å²) in [4.78, 5) is 12.5. The summed E-state index contributed by atoms with van der Waals surface area (Å²) in [5.41, 5.74) is 3.17. The Labute approximate surface area is 121 Å². The summed E-state index contributed by atoms with van der Waals surface area (Å²) in [7, 11) is 0. The Morgan fingerprint density at radius 2 is 1.71 bits per heavy atom. The number of hydrogen-bond acceptors (Lipinski definition) is 1.